The van der Waals surface area contributed by atoms with Gasteiger partial charge in [0.05, 0.1) is 11.1 Å². The second kappa shape index (κ2) is 5.11. The molecule has 0 aliphatic heterocycles. The maximum Gasteiger partial charge on any atom is 0.152 e. The first kappa shape index (κ1) is 12.5. The number of halogens is 1. The molecule has 0 saturated heterocycles. The third kappa shape index (κ3) is 2.33. The van der Waals surface area contributed by atoms with Gasteiger partial charge in [-0.3, -0.25) is 0 Å². The van der Waals surface area contributed by atoms with E-state index in [0.717, 1.165) is 29.6 Å². The molecular weight excluding hydrogens is 234 g/mol. The normalized spacial score (nSPS) is 13.5. The van der Waals surface area contributed by atoms with Crippen molar-refractivity contribution >= 4 is 22.6 Å². The number of benzene rings is 1. The summed E-state index contributed by atoms with van der Waals surface area (Å²) >= 11 is 6.09. The summed E-state index contributed by atoms with van der Waals surface area (Å²) in [6.45, 7) is 4.31. The quantitative estimate of drug-likeness (QED) is 0.868. The molecule has 17 heavy (non-hydrogen) atoms. The molecule has 2 aromatic rings. The molecule has 1 aromatic carbocycles. The van der Waals surface area contributed by atoms with E-state index in [1.807, 2.05) is 24.3 Å². The Morgan fingerprint density at radius 1 is 1.29 bits per heavy atom. The highest BCUT2D eigenvalue weighted by Crippen LogP contribution is 2.32. The highest BCUT2D eigenvalue weighted by atomic mass is 35.5. The van der Waals surface area contributed by atoms with Gasteiger partial charge in [0.25, 0.3) is 0 Å². The number of hydrogen-bond donors (Lipinski definition) is 1. The van der Waals surface area contributed by atoms with E-state index in [9.17, 15) is 0 Å². The minimum atomic E-state index is -0.0477. The minimum absolute atomic E-state index is 0.0477. The van der Waals surface area contributed by atoms with E-state index in [0.29, 0.717) is 10.9 Å². The molecule has 1 unspecified atom stereocenters. The molecular formula is C14H18ClNO. The maximum atomic E-state index is 6.24. The third-order valence-corrected chi connectivity index (χ3v) is 3.70. The summed E-state index contributed by atoms with van der Waals surface area (Å²) < 4.78 is 5.79. The van der Waals surface area contributed by atoms with Crippen LogP contribution in [-0.4, -0.2) is 0 Å². The molecule has 0 radical (unpaired) electrons. The van der Waals surface area contributed by atoms with Crippen molar-refractivity contribution in [1.29, 1.82) is 0 Å². The molecule has 0 bridgehead atoms. The lowest BCUT2D eigenvalue weighted by Gasteiger charge is -2.18. The van der Waals surface area contributed by atoms with Crippen LogP contribution in [-0.2, 0) is 0 Å². The first-order chi connectivity index (χ1) is 8.17. The molecule has 1 aromatic heterocycles. The molecule has 1 heterocycles. The molecule has 2 rings (SSSR count). The van der Waals surface area contributed by atoms with E-state index in [-0.39, 0.29) is 6.04 Å². The van der Waals surface area contributed by atoms with Crippen LogP contribution in [0.15, 0.2) is 28.7 Å². The summed E-state index contributed by atoms with van der Waals surface area (Å²) in [6.07, 6.45) is 2.12. The molecule has 0 aliphatic carbocycles. The number of rotatable bonds is 4. The van der Waals surface area contributed by atoms with Crippen LogP contribution in [0, 0.1) is 5.92 Å². The van der Waals surface area contributed by atoms with Gasteiger partial charge in [-0.2, -0.15) is 0 Å². The fraction of sp³-hybridized carbons (Fsp3) is 0.429. The van der Waals surface area contributed by atoms with Gasteiger partial charge in [0, 0.05) is 5.39 Å². The highest BCUT2D eigenvalue weighted by Gasteiger charge is 2.20. The average Bonchev–Trinajstić information content (AvgIpc) is 2.76. The van der Waals surface area contributed by atoms with Crippen molar-refractivity contribution in [2.45, 2.75) is 32.7 Å². The predicted molar refractivity (Wildman–Crippen MR) is 72.2 cm³/mol. The molecule has 0 spiro atoms. The highest BCUT2D eigenvalue weighted by molar-refractivity contribution is 6.34. The molecule has 0 fully saturated rings. The SMILES string of the molecule is CCC(CC)C(N)c1cc2cccc(Cl)c2o1. The van der Waals surface area contributed by atoms with Crippen molar-refractivity contribution in [3.63, 3.8) is 0 Å². The molecule has 92 valence electrons. The fourth-order valence-electron chi connectivity index (χ4n) is 2.24. The lowest BCUT2D eigenvalue weighted by atomic mass is 9.93. The Morgan fingerprint density at radius 2 is 2.00 bits per heavy atom. The Kier molecular flexibility index (Phi) is 3.75. The number of fused-ring (bicyclic) bond motifs is 1. The molecule has 2 N–H and O–H groups in total. The van der Waals surface area contributed by atoms with Crippen LogP contribution in [0.25, 0.3) is 11.0 Å². The van der Waals surface area contributed by atoms with Crippen LogP contribution in [0.2, 0.25) is 5.02 Å². The molecule has 0 aliphatic rings. The van der Waals surface area contributed by atoms with Gasteiger partial charge in [-0.1, -0.05) is 50.4 Å². The summed E-state index contributed by atoms with van der Waals surface area (Å²) in [5.74, 6) is 1.29. The summed E-state index contributed by atoms with van der Waals surface area (Å²) in [4.78, 5) is 0. The molecule has 0 saturated carbocycles. The smallest absolute Gasteiger partial charge is 0.152 e. The third-order valence-electron chi connectivity index (χ3n) is 3.40. The average molecular weight is 252 g/mol. The zero-order valence-electron chi connectivity index (χ0n) is 10.2. The Balaban J connectivity index is 2.39. The Hall–Kier alpha value is -0.990. The summed E-state index contributed by atoms with van der Waals surface area (Å²) in [6, 6.07) is 7.71. The van der Waals surface area contributed by atoms with Crippen LogP contribution < -0.4 is 5.73 Å². The maximum absolute atomic E-state index is 6.24. The van der Waals surface area contributed by atoms with Crippen molar-refractivity contribution in [3.8, 4) is 0 Å². The largest absolute Gasteiger partial charge is 0.458 e. The van der Waals surface area contributed by atoms with E-state index in [2.05, 4.69) is 13.8 Å². The van der Waals surface area contributed by atoms with Crippen LogP contribution in [0.5, 0.6) is 0 Å². The minimum Gasteiger partial charge on any atom is -0.458 e. The van der Waals surface area contributed by atoms with Gasteiger partial charge in [0.1, 0.15) is 5.76 Å². The Bertz CT molecular complexity index is 502. The fourth-order valence-corrected chi connectivity index (χ4v) is 2.46. The number of furan rings is 1. The van der Waals surface area contributed by atoms with Crippen molar-refractivity contribution in [2.24, 2.45) is 11.7 Å². The number of para-hydroxylation sites is 1. The van der Waals surface area contributed by atoms with Gasteiger partial charge in [-0.25, -0.2) is 0 Å². The van der Waals surface area contributed by atoms with Crippen molar-refractivity contribution < 1.29 is 4.42 Å². The van der Waals surface area contributed by atoms with Gasteiger partial charge >= 0.3 is 0 Å². The lowest BCUT2D eigenvalue weighted by molar-refractivity contribution is 0.355. The van der Waals surface area contributed by atoms with Crippen molar-refractivity contribution in [3.05, 3.63) is 35.0 Å². The Labute approximate surface area is 107 Å². The van der Waals surface area contributed by atoms with Gasteiger partial charge in [0.15, 0.2) is 5.58 Å². The van der Waals surface area contributed by atoms with Gasteiger partial charge < -0.3 is 10.2 Å². The van der Waals surface area contributed by atoms with Gasteiger partial charge in [0.2, 0.25) is 0 Å². The zero-order valence-corrected chi connectivity index (χ0v) is 11.0. The Morgan fingerprint density at radius 3 is 2.59 bits per heavy atom. The standard InChI is InChI=1S/C14H18ClNO/c1-3-9(4-2)13(16)12-8-10-6-5-7-11(15)14(10)17-12/h5-9,13H,3-4,16H2,1-2H3. The molecule has 1 atom stereocenters. The second-order valence-corrected chi connectivity index (χ2v) is 4.82. The van der Waals surface area contributed by atoms with E-state index >= 15 is 0 Å². The predicted octanol–water partition coefficient (Wildman–Crippen LogP) is 4.52. The molecule has 3 heteroatoms. The monoisotopic (exact) mass is 251 g/mol. The topological polar surface area (TPSA) is 39.2 Å². The second-order valence-electron chi connectivity index (χ2n) is 4.41. The zero-order chi connectivity index (χ0) is 12.4. The first-order valence-electron chi connectivity index (χ1n) is 6.10. The van der Waals surface area contributed by atoms with E-state index < -0.39 is 0 Å². The summed E-state index contributed by atoms with van der Waals surface area (Å²) in [5, 5.41) is 1.67. The van der Waals surface area contributed by atoms with Crippen molar-refractivity contribution in [2.75, 3.05) is 0 Å². The number of nitrogens with two attached hydrogens (primary N) is 1. The number of hydrogen-bond acceptors (Lipinski definition) is 2. The van der Waals surface area contributed by atoms with Crippen LogP contribution in [0.3, 0.4) is 0 Å². The van der Waals surface area contributed by atoms with Crippen LogP contribution in [0.1, 0.15) is 38.5 Å². The van der Waals surface area contributed by atoms with Gasteiger partial charge in [-0.15, -0.1) is 0 Å². The lowest BCUT2D eigenvalue weighted by Crippen LogP contribution is -2.19. The van der Waals surface area contributed by atoms with Crippen LogP contribution in [0.4, 0.5) is 0 Å². The first-order valence-corrected chi connectivity index (χ1v) is 6.48. The van der Waals surface area contributed by atoms with Crippen molar-refractivity contribution in [1.82, 2.24) is 0 Å². The molecule has 2 nitrogen and oxygen atoms in total. The van der Waals surface area contributed by atoms with Gasteiger partial charge in [-0.05, 0) is 18.1 Å². The summed E-state index contributed by atoms with van der Waals surface area (Å²) in [5.41, 5.74) is 6.98. The van der Waals surface area contributed by atoms with Crippen LogP contribution >= 0.6 is 11.6 Å². The molecule has 0 amide bonds. The van der Waals surface area contributed by atoms with E-state index in [4.69, 9.17) is 21.8 Å². The summed E-state index contributed by atoms with van der Waals surface area (Å²) in [7, 11) is 0. The van der Waals surface area contributed by atoms with E-state index in [1.54, 1.807) is 0 Å². The van der Waals surface area contributed by atoms with E-state index in [1.165, 1.54) is 0 Å².